The van der Waals surface area contributed by atoms with Gasteiger partial charge < -0.3 is 0 Å². The van der Waals surface area contributed by atoms with Crippen molar-refractivity contribution in [2.45, 2.75) is 6.92 Å². The number of pyridine rings is 1. The third-order valence-corrected chi connectivity index (χ3v) is 4.65. The molecule has 0 saturated carbocycles. The Bertz CT molecular complexity index is 1300. The van der Waals surface area contributed by atoms with Gasteiger partial charge in [0.05, 0.1) is 33.5 Å². The Morgan fingerprint density at radius 1 is 1.04 bits per heavy atom. The molecule has 0 spiro atoms. The first-order valence-electron chi connectivity index (χ1n) is 8.12. The summed E-state index contributed by atoms with van der Waals surface area (Å²) in [7, 11) is 0. The van der Waals surface area contributed by atoms with Crippen LogP contribution in [0, 0.1) is 12.7 Å². The highest BCUT2D eigenvalue weighted by atomic mass is 35.5. The number of aromatic nitrogens is 3. The van der Waals surface area contributed by atoms with E-state index >= 15 is 0 Å². The van der Waals surface area contributed by atoms with Crippen LogP contribution in [0.4, 0.5) is 4.39 Å². The lowest BCUT2D eigenvalue weighted by Crippen LogP contribution is -2.38. The number of nitrogens with zero attached hydrogens (tertiary/aromatic N) is 3. The largest absolute Gasteiger partial charge is 0.340 e. The van der Waals surface area contributed by atoms with E-state index in [9.17, 15) is 14.0 Å². The third kappa shape index (κ3) is 2.74. The molecule has 0 unspecified atom stereocenters. The van der Waals surface area contributed by atoms with E-state index in [1.165, 1.54) is 16.8 Å². The molecule has 0 saturated heterocycles. The summed E-state index contributed by atoms with van der Waals surface area (Å²) >= 11 is 5.92. The van der Waals surface area contributed by atoms with Crippen LogP contribution in [-0.4, -0.2) is 14.1 Å². The van der Waals surface area contributed by atoms with Crippen molar-refractivity contribution in [1.29, 1.82) is 0 Å². The molecule has 2 aromatic carbocycles. The molecule has 134 valence electrons. The van der Waals surface area contributed by atoms with Gasteiger partial charge in [-0.25, -0.2) is 13.8 Å². The van der Waals surface area contributed by atoms with Crippen molar-refractivity contribution in [3.63, 3.8) is 0 Å². The Balaban J connectivity index is 2.25. The first-order valence-corrected chi connectivity index (χ1v) is 8.50. The van der Waals surface area contributed by atoms with Crippen molar-refractivity contribution in [1.82, 2.24) is 14.1 Å². The van der Waals surface area contributed by atoms with Crippen molar-refractivity contribution in [3.05, 3.63) is 98.2 Å². The van der Waals surface area contributed by atoms with Crippen LogP contribution in [0.1, 0.15) is 5.56 Å². The van der Waals surface area contributed by atoms with Crippen LogP contribution in [0.3, 0.4) is 0 Å². The molecule has 4 aromatic rings. The van der Waals surface area contributed by atoms with Crippen molar-refractivity contribution < 1.29 is 4.39 Å². The normalized spacial score (nSPS) is 11.1. The molecule has 2 aromatic heterocycles. The zero-order valence-corrected chi connectivity index (χ0v) is 14.9. The van der Waals surface area contributed by atoms with E-state index in [-0.39, 0.29) is 15.9 Å². The number of fused-ring (bicyclic) bond motifs is 1. The molecule has 0 aliphatic carbocycles. The molecule has 2 heterocycles. The fourth-order valence-electron chi connectivity index (χ4n) is 3.03. The van der Waals surface area contributed by atoms with Gasteiger partial charge in [0, 0.05) is 6.20 Å². The fourth-order valence-corrected chi connectivity index (χ4v) is 3.19. The minimum atomic E-state index is -0.728. The van der Waals surface area contributed by atoms with Gasteiger partial charge >= 0.3 is 5.69 Å². The molecule has 27 heavy (non-hydrogen) atoms. The van der Waals surface area contributed by atoms with E-state index in [1.54, 1.807) is 43.5 Å². The first kappa shape index (κ1) is 17.2. The number of benzene rings is 2. The van der Waals surface area contributed by atoms with Crippen molar-refractivity contribution in [3.8, 4) is 11.4 Å². The van der Waals surface area contributed by atoms with Crippen LogP contribution in [0.25, 0.3) is 22.3 Å². The monoisotopic (exact) mass is 381 g/mol. The maximum Gasteiger partial charge on any atom is 0.340 e. The maximum absolute atomic E-state index is 14.1. The second-order valence-electron chi connectivity index (χ2n) is 6.04. The molecule has 4 rings (SSSR count). The maximum atomic E-state index is 14.1. The van der Waals surface area contributed by atoms with Crippen molar-refractivity contribution in [2.24, 2.45) is 0 Å². The summed E-state index contributed by atoms with van der Waals surface area (Å²) < 4.78 is 16.4. The quantitative estimate of drug-likeness (QED) is 0.532. The summed E-state index contributed by atoms with van der Waals surface area (Å²) in [5.41, 5.74) is 0.587. The third-order valence-electron chi connectivity index (χ3n) is 4.36. The first-order chi connectivity index (χ1) is 13.0. The zero-order chi connectivity index (χ0) is 19.1. The Hall–Kier alpha value is -3.25. The van der Waals surface area contributed by atoms with Gasteiger partial charge in [-0.2, -0.15) is 0 Å². The molecule has 0 N–H and O–H groups in total. The van der Waals surface area contributed by atoms with Crippen LogP contribution in [0.5, 0.6) is 0 Å². The van der Waals surface area contributed by atoms with Crippen LogP contribution in [-0.2, 0) is 0 Å². The van der Waals surface area contributed by atoms with Crippen molar-refractivity contribution >= 4 is 22.5 Å². The number of hydrogen-bond donors (Lipinski definition) is 0. The molecule has 5 nitrogen and oxygen atoms in total. The average molecular weight is 382 g/mol. The molecule has 7 heteroatoms. The number of halogens is 2. The van der Waals surface area contributed by atoms with E-state index in [0.29, 0.717) is 16.9 Å². The Morgan fingerprint density at radius 3 is 2.48 bits per heavy atom. The second kappa shape index (κ2) is 6.48. The molecule has 0 atom stereocenters. The topological polar surface area (TPSA) is 56.9 Å². The smallest absolute Gasteiger partial charge is 0.268 e. The predicted octanol–water partition coefficient (Wildman–Crippen LogP) is 3.64. The lowest BCUT2D eigenvalue weighted by Gasteiger charge is -2.15. The van der Waals surface area contributed by atoms with Crippen LogP contribution in [0.2, 0.25) is 5.02 Å². The highest BCUT2D eigenvalue weighted by Crippen LogP contribution is 2.22. The summed E-state index contributed by atoms with van der Waals surface area (Å²) in [5.74, 6) is -0.728. The minimum absolute atomic E-state index is 0.0450. The molecule has 0 fully saturated rings. The molecule has 0 amide bonds. The molecule has 0 radical (unpaired) electrons. The lowest BCUT2D eigenvalue weighted by molar-refractivity contribution is 0.629. The second-order valence-corrected chi connectivity index (χ2v) is 6.45. The van der Waals surface area contributed by atoms with E-state index in [0.717, 1.165) is 10.6 Å². The van der Waals surface area contributed by atoms with E-state index < -0.39 is 17.1 Å². The highest BCUT2D eigenvalue weighted by Gasteiger charge is 2.18. The SMILES string of the molecule is Cc1ccncc1-n1c(=O)c2cc(F)c(Cl)cc2n(-c2ccccc2)c1=O. The average Bonchev–Trinajstić information content (AvgIpc) is 2.66. The molecule has 0 aliphatic heterocycles. The van der Waals surface area contributed by atoms with Crippen molar-refractivity contribution in [2.75, 3.05) is 0 Å². The fraction of sp³-hybridized carbons (Fsp3) is 0.0500. The predicted molar refractivity (Wildman–Crippen MR) is 103 cm³/mol. The van der Waals surface area contributed by atoms with E-state index in [4.69, 9.17) is 11.6 Å². The molecule has 0 bridgehead atoms. The number of rotatable bonds is 2. The Kier molecular flexibility index (Phi) is 4.12. The highest BCUT2D eigenvalue weighted by molar-refractivity contribution is 6.31. The van der Waals surface area contributed by atoms with Gasteiger partial charge in [-0.1, -0.05) is 29.8 Å². The summed E-state index contributed by atoms with van der Waals surface area (Å²) in [4.78, 5) is 30.4. The number of hydrogen-bond acceptors (Lipinski definition) is 3. The number of aryl methyl sites for hydroxylation is 1. The van der Waals surface area contributed by atoms with Gasteiger partial charge in [0.1, 0.15) is 5.82 Å². The Labute approximate surface area is 157 Å². The lowest BCUT2D eigenvalue weighted by atomic mass is 10.2. The van der Waals surface area contributed by atoms with E-state index in [1.807, 2.05) is 6.07 Å². The minimum Gasteiger partial charge on any atom is -0.268 e. The Morgan fingerprint density at radius 2 is 1.78 bits per heavy atom. The summed E-state index contributed by atoms with van der Waals surface area (Å²) in [6.07, 6.45) is 3.01. The molecule has 0 aliphatic rings. The number of para-hydroxylation sites is 1. The van der Waals surface area contributed by atoms with Crippen LogP contribution in [0.15, 0.2) is 70.5 Å². The van der Waals surface area contributed by atoms with E-state index in [2.05, 4.69) is 4.98 Å². The van der Waals surface area contributed by atoms with Crippen LogP contribution >= 0.6 is 11.6 Å². The summed E-state index contributed by atoms with van der Waals surface area (Å²) in [6, 6.07) is 12.8. The summed E-state index contributed by atoms with van der Waals surface area (Å²) in [6.45, 7) is 1.77. The standard InChI is InChI=1S/C20H13ClFN3O2/c1-12-7-8-23-11-18(12)25-19(26)14-9-16(22)15(21)10-17(14)24(20(25)27)13-5-3-2-4-6-13/h2-11H,1H3. The zero-order valence-electron chi connectivity index (χ0n) is 14.2. The van der Waals surface area contributed by atoms with Gasteiger partial charge in [0.25, 0.3) is 5.56 Å². The van der Waals surface area contributed by atoms with Gasteiger partial charge in [-0.15, -0.1) is 0 Å². The van der Waals surface area contributed by atoms with Gasteiger partial charge in [-0.05, 0) is 42.8 Å². The van der Waals surface area contributed by atoms with Gasteiger partial charge in [0.2, 0.25) is 0 Å². The summed E-state index contributed by atoms with van der Waals surface area (Å²) in [5, 5.41) is -0.120. The van der Waals surface area contributed by atoms with Gasteiger partial charge in [0.15, 0.2) is 0 Å². The molecular formula is C20H13ClFN3O2. The van der Waals surface area contributed by atoms with Crippen LogP contribution < -0.4 is 11.2 Å². The molecular weight excluding hydrogens is 369 g/mol. The van der Waals surface area contributed by atoms with Gasteiger partial charge in [-0.3, -0.25) is 14.3 Å².